The molecule has 0 rings (SSSR count). The number of esters is 3. The molecule has 75 heavy (non-hydrogen) atoms. The molecule has 0 saturated heterocycles. The van der Waals surface area contributed by atoms with Crippen LogP contribution >= 0.6 is 0 Å². The minimum atomic E-state index is -0.803. The van der Waals surface area contributed by atoms with Gasteiger partial charge in [0.15, 0.2) is 6.10 Å². The molecule has 0 aromatic carbocycles. The molecule has 0 aliphatic heterocycles. The molecule has 0 aliphatic carbocycles. The highest BCUT2D eigenvalue weighted by atomic mass is 16.6. The molecule has 0 amide bonds. The van der Waals surface area contributed by atoms with Gasteiger partial charge in [-0.15, -0.1) is 0 Å². The average molecular weight is 1050 g/mol. The molecule has 1 atom stereocenters. The number of allylic oxidation sites excluding steroid dienone is 10. The first-order valence-electron chi connectivity index (χ1n) is 32.8. The number of carbonyl (C=O) groups is 3. The molecule has 0 bridgehead atoms. The highest BCUT2D eigenvalue weighted by molar-refractivity contribution is 5.71. The molecule has 0 aliphatic rings. The van der Waals surface area contributed by atoms with Crippen LogP contribution in [0.1, 0.15) is 342 Å². The zero-order valence-electron chi connectivity index (χ0n) is 50.1. The Labute approximate surface area is 466 Å². The minimum Gasteiger partial charge on any atom is -0.462 e. The van der Waals surface area contributed by atoms with E-state index >= 15 is 0 Å². The Kier molecular flexibility index (Phi) is 61.2. The summed E-state index contributed by atoms with van der Waals surface area (Å²) in [6.45, 7) is 6.51. The normalized spacial score (nSPS) is 12.4. The van der Waals surface area contributed by atoms with E-state index in [1.807, 2.05) is 6.08 Å². The Balaban J connectivity index is 4.28. The van der Waals surface area contributed by atoms with Gasteiger partial charge in [0.2, 0.25) is 0 Å². The molecule has 0 saturated carbocycles. The first-order chi connectivity index (χ1) is 37.0. The molecule has 0 aromatic rings. The summed E-state index contributed by atoms with van der Waals surface area (Å²) in [6.07, 6.45) is 81.2. The van der Waals surface area contributed by atoms with Crippen molar-refractivity contribution in [2.45, 2.75) is 348 Å². The van der Waals surface area contributed by atoms with Gasteiger partial charge in [-0.3, -0.25) is 14.4 Å². The number of hydrogen-bond acceptors (Lipinski definition) is 6. The Morgan fingerprint density at radius 3 is 0.893 bits per heavy atom. The van der Waals surface area contributed by atoms with E-state index in [4.69, 9.17) is 14.2 Å². The molecular formula is C69H124O6. The molecule has 0 spiro atoms. The van der Waals surface area contributed by atoms with Gasteiger partial charge < -0.3 is 14.2 Å². The van der Waals surface area contributed by atoms with Crippen LogP contribution in [-0.4, -0.2) is 37.2 Å². The second-order valence-corrected chi connectivity index (χ2v) is 22.0. The average Bonchev–Trinajstić information content (AvgIpc) is 3.41. The van der Waals surface area contributed by atoms with Crippen LogP contribution in [0.3, 0.4) is 0 Å². The van der Waals surface area contributed by atoms with Crippen molar-refractivity contribution < 1.29 is 28.6 Å². The van der Waals surface area contributed by atoms with Gasteiger partial charge >= 0.3 is 17.9 Å². The van der Waals surface area contributed by atoms with Crippen molar-refractivity contribution in [1.82, 2.24) is 0 Å². The standard InChI is InChI=1S/C69H124O6/c1-4-7-10-13-16-19-22-25-27-29-31-32-33-34-35-36-38-39-41-44-47-50-53-56-59-62-68(71)74-65-66(64-73-67(70)61-58-55-52-49-46-43-24-21-18-15-12-9-6-3)75-69(72)63-60-57-54-51-48-45-42-40-37-30-28-26-23-20-17-14-11-8-5-2/h9,12,18,21,26,28,43,46,52,55,66H,4-8,10-11,13-17,19-20,22-25,27,29-42,44-45,47-51,53-54,56-65H2,1-3H3/b12-9-,21-18-,28-26-,46-43-,55-52-. The molecule has 6 heteroatoms. The summed E-state index contributed by atoms with van der Waals surface area (Å²) in [4.78, 5) is 38.2. The van der Waals surface area contributed by atoms with Crippen LogP contribution in [0.2, 0.25) is 0 Å². The quantitative estimate of drug-likeness (QED) is 0.0261. The van der Waals surface area contributed by atoms with E-state index in [1.54, 1.807) is 0 Å². The molecule has 0 heterocycles. The summed E-state index contributed by atoms with van der Waals surface area (Å²) in [5.74, 6) is -0.963. The van der Waals surface area contributed by atoms with Crippen molar-refractivity contribution in [3.8, 4) is 0 Å². The predicted molar refractivity (Wildman–Crippen MR) is 325 cm³/mol. The molecule has 0 fully saturated rings. The summed E-state index contributed by atoms with van der Waals surface area (Å²) in [5.41, 5.74) is 0. The number of unbranched alkanes of at least 4 members (excludes halogenated alkanes) is 39. The van der Waals surface area contributed by atoms with Crippen molar-refractivity contribution in [2.24, 2.45) is 0 Å². The number of rotatable bonds is 60. The Bertz CT molecular complexity index is 1340. The van der Waals surface area contributed by atoms with Crippen molar-refractivity contribution in [2.75, 3.05) is 13.2 Å². The van der Waals surface area contributed by atoms with Crippen LogP contribution in [0.25, 0.3) is 0 Å². The summed E-state index contributed by atoms with van der Waals surface area (Å²) in [7, 11) is 0. The van der Waals surface area contributed by atoms with Crippen LogP contribution in [0, 0.1) is 0 Å². The summed E-state index contributed by atoms with van der Waals surface area (Å²) >= 11 is 0. The first kappa shape index (κ1) is 72.1. The number of carbonyl (C=O) groups excluding carboxylic acids is 3. The lowest BCUT2D eigenvalue weighted by atomic mass is 10.0. The van der Waals surface area contributed by atoms with Gasteiger partial charge in [-0.05, 0) is 70.6 Å². The maximum atomic E-state index is 12.9. The van der Waals surface area contributed by atoms with Crippen molar-refractivity contribution in [3.05, 3.63) is 60.8 Å². The van der Waals surface area contributed by atoms with Gasteiger partial charge in [0.05, 0.1) is 0 Å². The largest absolute Gasteiger partial charge is 0.462 e. The van der Waals surface area contributed by atoms with Crippen molar-refractivity contribution in [1.29, 1.82) is 0 Å². The van der Waals surface area contributed by atoms with Gasteiger partial charge in [-0.2, -0.15) is 0 Å². The lowest BCUT2D eigenvalue weighted by molar-refractivity contribution is -0.166. The topological polar surface area (TPSA) is 78.9 Å². The second kappa shape index (κ2) is 63.6. The summed E-state index contributed by atoms with van der Waals surface area (Å²) in [5, 5.41) is 0. The predicted octanol–water partition coefficient (Wildman–Crippen LogP) is 22.3. The van der Waals surface area contributed by atoms with E-state index in [1.165, 1.54) is 231 Å². The zero-order chi connectivity index (χ0) is 54.3. The summed E-state index contributed by atoms with van der Waals surface area (Å²) in [6, 6.07) is 0. The fourth-order valence-corrected chi connectivity index (χ4v) is 9.63. The third-order valence-electron chi connectivity index (χ3n) is 14.5. The Morgan fingerprint density at radius 1 is 0.280 bits per heavy atom. The number of ether oxygens (including phenoxy) is 3. The Hall–Kier alpha value is -2.89. The monoisotopic (exact) mass is 1050 g/mol. The van der Waals surface area contributed by atoms with E-state index in [-0.39, 0.29) is 37.5 Å². The summed E-state index contributed by atoms with van der Waals surface area (Å²) < 4.78 is 16.9. The van der Waals surface area contributed by atoms with E-state index in [0.29, 0.717) is 19.3 Å². The zero-order valence-corrected chi connectivity index (χ0v) is 50.1. The van der Waals surface area contributed by atoms with Crippen molar-refractivity contribution >= 4 is 17.9 Å². The third-order valence-corrected chi connectivity index (χ3v) is 14.5. The lowest BCUT2D eigenvalue weighted by Crippen LogP contribution is -2.30. The van der Waals surface area contributed by atoms with Crippen LogP contribution in [-0.2, 0) is 28.6 Å². The van der Waals surface area contributed by atoms with Gasteiger partial charge in [0, 0.05) is 19.3 Å². The smallest absolute Gasteiger partial charge is 0.306 e. The van der Waals surface area contributed by atoms with E-state index < -0.39 is 6.10 Å². The van der Waals surface area contributed by atoms with E-state index in [2.05, 4.69) is 75.5 Å². The maximum Gasteiger partial charge on any atom is 0.306 e. The van der Waals surface area contributed by atoms with Crippen molar-refractivity contribution in [3.63, 3.8) is 0 Å². The lowest BCUT2D eigenvalue weighted by Gasteiger charge is -2.18. The molecule has 0 aromatic heterocycles. The van der Waals surface area contributed by atoms with Crippen LogP contribution in [0.4, 0.5) is 0 Å². The fourth-order valence-electron chi connectivity index (χ4n) is 9.63. The van der Waals surface area contributed by atoms with Crippen LogP contribution < -0.4 is 0 Å². The highest BCUT2D eigenvalue weighted by Gasteiger charge is 2.19. The van der Waals surface area contributed by atoms with Gasteiger partial charge in [-0.25, -0.2) is 0 Å². The first-order valence-corrected chi connectivity index (χ1v) is 32.8. The third kappa shape index (κ3) is 61.8. The van der Waals surface area contributed by atoms with E-state index in [0.717, 1.165) is 64.2 Å². The van der Waals surface area contributed by atoms with Crippen LogP contribution in [0.5, 0.6) is 0 Å². The fraction of sp³-hybridized carbons (Fsp3) is 0.812. The Morgan fingerprint density at radius 2 is 0.547 bits per heavy atom. The maximum absolute atomic E-state index is 12.9. The SMILES string of the molecule is CC/C=C\C/C=C\C/C=C\C/C=C\CCC(=O)OCC(COC(=O)CCCCCCCCCCCCCCCCCCCCCCCCCCC)OC(=O)CCCCCCCCCCC/C=C\CCCCCCCC. The van der Waals surface area contributed by atoms with Gasteiger partial charge in [0.1, 0.15) is 13.2 Å². The van der Waals surface area contributed by atoms with Crippen LogP contribution in [0.15, 0.2) is 60.8 Å². The van der Waals surface area contributed by atoms with Gasteiger partial charge in [0.25, 0.3) is 0 Å². The molecular weight excluding hydrogens is 925 g/mol. The molecule has 6 nitrogen and oxygen atoms in total. The minimum absolute atomic E-state index is 0.0936. The molecule has 1 unspecified atom stereocenters. The molecule has 0 N–H and O–H groups in total. The molecule has 0 radical (unpaired) electrons. The van der Waals surface area contributed by atoms with E-state index in [9.17, 15) is 14.4 Å². The highest BCUT2D eigenvalue weighted by Crippen LogP contribution is 2.18. The number of hydrogen-bond donors (Lipinski definition) is 0. The molecule has 436 valence electrons. The van der Waals surface area contributed by atoms with Gasteiger partial charge in [-0.1, -0.05) is 313 Å². The second-order valence-electron chi connectivity index (χ2n) is 22.0.